The summed E-state index contributed by atoms with van der Waals surface area (Å²) in [5, 5.41) is 11.6. The van der Waals surface area contributed by atoms with Gasteiger partial charge < -0.3 is 8.83 Å². The van der Waals surface area contributed by atoms with Crippen molar-refractivity contribution in [3.8, 4) is 45.3 Å². The Hall–Kier alpha value is -7.63. The Labute approximate surface area is 320 Å². The maximum Gasteiger partial charge on any atom is 0.167 e. The van der Waals surface area contributed by atoms with Gasteiger partial charge in [0, 0.05) is 32.7 Å². The van der Waals surface area contributed by atoms with Crippen LogP contribution < -0.4 is 0 Å². The van der Waals surface area contributed by atoms with Crippen LogP contribution in [0.1, 0.15) is 0 Å². The summed E-state index contributed by atoms with van der Waals surface area (Å²) in [4.78, 5) is 15.3. The first-order chi connectivity index (χ1) is 27.7. The molecule has 0 fully saturated rings. The molecule has 0 aliphatic rings. The third-order valence-electron chi connectivity index (χ3n) is 11.1. The summed E-state index contributed by atoms with van der Waals surface area (Å²) in [5.41, 5.74) is 8.01. The highest BCUT2D eigenvalue weighted by Gasteiger charge is 2.21. The van der Waals surface area contributed by atoms with Crippen molar-refractivity contribution in [1.82, 2.24) is 15.0 Å². The Bertz CT molecular complexity index is 3510. The van der Waals surface area contributed by atoms with Crippen LogP contribution in [0.3, 0.4) is 0 Å². The van der Waals surface area contributed by atoms with Crippen LogP contribution in [-0.4, -0.2) is 15.0 Å². The molecule has 0 aliphatic carbocycles. The van der Waals surface area contributed by atoms with Gasteiger partial charge in [-0.2, -0.15) is 0 Å². The van der Waals surface area contributed by atoms with Crippen molar-refractivity contribution in [2.75, 3.05) is 0 Å². The van der Waals surface area contributed by atoms with E-state index in [1.807, 2.05) is 66.7 Å². The predicted octanol–water partition coefficient (Wildman–Crippen LogP) is 13.8. The SMILES string of the molecule is c1ccc(-c2nc(-c3cccc4c3oc3ccc(-c5ccc6c7ccccc7c7ccccc7c6c5)cc34)nc(-c3cccc4oc5ccccc5c34)n2)cc1. The van der Waals surface area contributed by atoms with E-state index in [1.165, 1.54) is 32.3 Å². The van der Waals surface area contributed by atoms with Crippen molar-refractivity contribution in [1.29, 1.82) is 0 Å². The van der Waals surface area contributed by atoms with E-state index in [0.29, 0.717) is 17.5 Å². The van der Waals surface area contributed by atoms with Gasteiger partial charge in [0.05, 0.1) is 5.56 Å². The molecule has 0 unspecified atom stereocenters. The average molecular weight is 716 g/mol. The molecular formula is C51H29N3O2. The monoisotopic (exact) mass is 715 g/mol. The fourth-order valence-corrected chi connectivity index (χ4v) is 8.54. The number of fused-ring (bicyclic) bond motifs is 12. The Morgan fingerprint density at radius 2 is 0.804 bits per heavy atom. The summed E-state index contributed by atoms with van der Waals surface area (Å²) in [7, 11) is 0. The van der Waals surface area contributed by atoms with Crippen molar-refractivity contribution in [2.45, 2.75) is 0 Å². The van der Waals surface area contributed by atoms with Crippen LogP contribution in [-0.2, 0) is 0 Å². The highest BCUT2D eigenvalue weighted by Crippen LogP contribution is 2.41. The van der Waals surface area contributed by atoms with Crippen molar-refractivity contribution < 1.29 is 8.83 Å². The molecule has 0 radical (unpaired) electrons. The van der Waals surface area contributed by atoms with Gasteiger partial charge in [-0.15, -0.1) is 0 Å². The molecule has 12 aromatic rings. The molecule has 0 amide bonds. The molecule has 3 heterocycles. The number of aromatic nitrogens is 3. The molecule has 0 spiro atoms. The molecule has 260 valence electrons. The zero-order chi connectivity index (χ0) is 36.7. The van der Waals surface area contributed by atoms with Gasteiger partial charge >= 0.3 is 0 Å². The molecule has 0 bridgehead atoms. The Morgan fingerprint density at radius 1 is 0.286 bits per heavy atom. The first-order valence-electron chi connectivity index (χ1n) is 18.8. The normalized spacial score (nSPS) is 11.9. The number of hydrogen-bond acceptors (Lipinski definition) is 5. The molecule has 0 saturated carbocycles. The maximum absolute atomic E-state index is 6.70. The lowest BCUT2D eigenvalue weighted by molar-refractivity contribution is 0.668. The fraction of sp³-hybridized carbons (Fsp3) is 0. The van der Waals surface area contributed by atoms with E-state index in [9.17, 15) is 0 Å². The molecule has 5 heteroatoms. The van der Waals surface area contributed by atoms with Crippen molar-refractivity contribution >= 4 is 76.2 Å². The largest absolute Gasteiger partial charge is 0.456 e. The zero-order valence-corrected chi connectivity index (χ0v) is 29.9. The summed E-state index contributed by atoms with van der Waals surface area (Å²) in [6.07, 6.45) is 0. The topological polar surface area (TPSA) is 65.0 Å². The van der Waals surface area contributed by atoms with Gasteiger partial charge in [-0.1, -0.05) is 140 Å². The van der Waals surface area contributed by atoms with Gasteiger partial charge in [0.25, 0.3) is 0 Å². The van der Waals surface area contributed by atoms with Crippen LogP contribution in [0, 0.1) is 0 Å². The van der Waals surface area contributed by atoms with E-state index in [4.69, 9.17) is 23.8 Å². The average Bonchev–Trinajstić information content (AvgIpc) is 3.85. The lowest BCUT2D eigenvalue weighted by Crippen LogP contribution is -2.00. The molecule has 56 heavy (non-hydrogen) atoms. The number of hydrogen-bond donors (Lipinski definition) is 0. The number of furan rings is 2. The second kappa shape index (κ2) is 11.9. The minimum absolute atomic E-state index is 0.539. The summed E-state index contributed by atoms with van der Waals surface area (Å²) in [6, 6.07) is 61.1. The number of benzene rings is 9. The van der Waals surface area contributed by atoms with Crippen LogP contribution in [0.4, 0.5) is 0 Å². The summed E-state index contributed by atoms with van der Waals surface area (Å²) in [5.74, 6) is 1.69. The van der Waals surface area contributed by atoms with Crippen LogP contribution >= 0.6 is 0 Å². The molecule has 3 aromatic heterocycles. The van der Waals surface area contributed by atoms with Crippen molar-refractivity contribution in [2.24, 2.45) is 0 Å². The van der Waals surface area contributed by atoms with E-state index in [-0.39, 0.29) is 0 Å². The van der Waals surface area contributed by atoms with Crippen LogP contribution in [0.5, 0.6) is 0 Å². The van der Waals surface area contributed by atoms with E-state index in [1.54, 1.807) is 0 Å². The number of para-hydroxylation sites is 2. The summed E-state index contributed by atoms with van der Waals surface area (Å²) in [6.45, 7) is 0. The lowest BCUT2D eigenvalue weighted by atomic mass is 9.92. The molecule has 0 atom stereocenters. The van der Waals surface area contributed by atoms with Crippen molar-refractivity contribution in [3.05, 3.63) is 176 Å². The van der Waals surface area contributed by atoms with Gasteiger partial charge in [0.1, 0.15) is 22.3 Å². The first kappa shape index (κ1) is 30.8. The van der Waals surface area contributed by atoms with Gasteiger partial charge in [-0.3, -0.25) is 0 Å². The molecule has 12 rings (SSSR count). The second-order valence-electron chi connectivity index (χ2n) is 14.3. The van der Waals surface area contributed by atoms with Gasteiger partial charge in [-0.25, -0.2) is 15.0 Å². The first-order valence-corrected chi connectivity index (χ1v) is 18.8. The Kier molecular flexibility index (Phi) is 6.56. The van der Waals surface area contributed by atoms with E-state index in [2.05, 4.69) is 109 Å². The van der Waals surface area contributed by atoms with E-state index in [0.717, 1.165) is 71.7 Å². The molecule has 9 aromatic carbocycles. The Balaban J connectivity index is 1.04. The zero-order valence-electron chi connectivity index (χ0n) is 29.9. The van der Waals surface area contributed by atoms with Crippen LogP contribution in [0.15, 0.2) is 185 Å². The van der Waals surface area contributed by atoms with Crippen LogP contribution in [0.2, 0.25) is 0 Å². The minimum Gasteiger partial charge on any atom is -0.456 e. The number of nitrogens with zero attached hydrogens (tertiary/aromatic N) is 3. The van der Waals surface area contributed by atoms with Gasteiger partial charge in [0.2, 0.25) is 0 Å². The standard InChI is InChI=1S/C51H29N3O2/c1-2-12-30(13-3-1)49-52-50(40-20-11-23-46-47(40)39-18-8-9-22-44(39)55-46)54-51(53-49)41-21-10-19-38-43-29-32(25-27-45(43)56-48(38)41)31-24-26-37-35-16-5-4-14-33(35)34-15-6-7-17-36(34)42(37)28-31/h1-29H. The minimum atomic E-state index is 0.539. The molecule has 0 N–H and O–H groups in total. The quantitative estimate of drug-likeness (QED) is 0.170. The van der Waals surface area contributed by atoms with E-state index >= 15 is 0 Å². The molecule has 0 saturated heterocycles. The summed E-state index contributed by atoms with van der Waals surface area (Å²) < 4.78 is 12.9. The fourth-order valence-electron chi connectivity index (χ4n) is 8.54. The van der Waals surface area contributed by atoms with Gasteiger partial charge in [0.15, 0.2) is 17.5 Å². The van der Waals surface area contributed by atoms with Gasteiger partial charge in [-0.05, 0) is 79.8 Å². The predicted molar refractivity (Wildman–Crippen MR) is 229 cm³/mol. The molecular weight excluding hydrogens is 687 g/mol. The van der Waals surface area contributed by atoms with E-state index < -0.39 is 0 Å². The maximum atomic E-state index is 6.70. The van der Waals surface area contributed by atoms with Crippen LogP contribution in [0.25, 0.3) is 121 Å². The van der Waals surface area contributed by atoms with Crippen molar-refractivity contribution in [3.63, 3.8) is 0 Å². The second-order valence-corrected chi connectivity index (χ2v) is 14.3. The molecule has 5 nitrogen and oxygen atoms in total. The highest BCUT2D eigenvalue weighted by molar-refractivity contribution is 6.26. The smallest absolute Gasteiger partial charge is 0.167 e. The third kappa shape index (κ3) is 4.64. The third-order valence-corrected chi connectivity index (χ3v) is 11.1. The number of rotatable bonds is 4. The lowest BCUT2D eigenvalue weighted by Gasteiger charge is -2.12. The highest BCUT2D eigenvalue weighted by atomic mass is 16.3. The molecule has 0 aliphatic heterocycles. The summed E-state index contributed by atoms with van der Waals surface area (Å²) >= 11 is 0. The Morgan fingerprint density at radius 3 is 1.57 bits per heavy atom.